The number of hydrogen-bond acceptors (Lipinski definition) is 5. The summed E-state index contributed by atoms with van der Waals surface area (Å²) in [7, 11) is 0. The third-order valence-electron chi connectivity index (χ3n) is 3.87. The lowest BCUT2D eigenvalue weighted by Crippen LogP contribution is -2.35. The number of esters is 1. The molecule has 1 amide bonds. The van der Waals surface area contributed by atoms with E-state index >= 15 is 0 Å². The number of aryl methyl sites for hydroxylation is 2. The minimum Gasteiger partial charge on any atom is -0.448 e. The first kappa shape index (κ1) is 16.2. The average Bonchev–Trinajstić information content (AvgIpc) is 3.21. The highest BCUT2D eigenvalue weighted by Crippen LogP contribution is 2.30. The van der Waals surface area contributed by atoms with E-state index in [-0.39, 0.29) is 5.91 Å². The van der Waals surface area contributed by atoms with Crippen LogP contribution in [0.15, 0.2) is 23.6 Å². The normalized spacial score (nSPS) is 14.8. The van der Waals surface area contributed by atoms with Crippen LogP contribution in [0.4, 0.5) is 0 Å². The van der Waals surface area contributed by atoms with Crippen LogP contribution >= 0.6 is 22.7 Å². The Bertz CT molecular complexity index is 667. The first-order valence-corrected chi connectivity index (χ1v) is 9.46. The van der Waals surface area contributed by atoms with Crippen molar-refractivity contribution in [2.75, 3.05) is 0 Å². The summed E-state index contributed by atoms with van der Waals surface area (Å²) >= 11 is 3.09. The molecule has 1 atom stereocenters. The number of carbonyl (C=O) groups excluding carboxylic acids is 2. The Kier molecular flexibility index (Phi) is 5.13. The van der Waals surface area contributed by atoms with Crippen molar-refractivity contribution in [2.24, 2.45) is 0 Å². The lowest BCUT2D eigenvalue weighted by atomic mass is 9.99. The van der Waals surface area contributed by atoms with E-state index in [9.17, 15) is 9.59 Å². The molecule has 0 aromatic carbocycles. The van der Waals surface area contributed by atoms with Crippen LogP contribution in [-0.2, 0) is 28.9 Å². The molecule has 3 rings (SSSR count). The Hall–Kier alpha value is -1.66. The molecule has 0 bridgehead atoms. The number of nitrogens with one attached hydrogen (secondary N) is 1. The number of ether oxygens (including phenoxy) is 1. The highest BCUT2D eigenvalue weighted by Gasteiger charge is 2.22. The molecule has 2 aromatic heterocycles. The van der Waals surface area contributed by atoms with Gasteiger partial charge in [0.05, 0.1) is 6.54 Å². The van der Waals surface area contributed by atoms with Crippen LogP contribution in [-0.4, -0.2) is 18.0 Å². The number of carbonyl (C=O) groups is 2. The van der Waals surface area contributed by atoms with Gasteiger partial charge in [-0.3, -0.25) is 4.79 Å². The highest BCUT2D eigenvalue weighted by atomic mass is 32.1. The Morgan fingerprint density at radius 3 is 2.91 bits per heavy atom. The second kappa shape index (κ2) is 7.27. The van der Waals surface area contributed by atoms with E-state index in [0.29, 0.717) is 11.4 Å². The lowest BCUT2D eigenvalue weighted by molar-refractivity contribution is -0.129. The number of fused-ring (bicyclic) bond motifs is 1. The first-order chi connectivity index (χ1) is 11.1. The molecular weight excluding hydrogens is 330 g/mol. The predicted molar refractivity (Wildman–Crippen MR) is 92.0 cm³/mol. The van der Waals surface area contributed by atoms with Crippen LogP contribution < -0.4 is 5.32 Å². The molecular formula is C17H19NO3S2. The molecule has 1 N–H and O–H groups in total. The van der Waals surface area contributed by atoms with Gasteiger partial charge in [0.2, 0.25) is 0 Å². The molecule has 0 spiro atoms. The summed E-state index contributed by atoms with van der Waals surface area (Å²) in [4.78, 5) is 27.2. The highest BCUT2D eigenvalue weighted by molar-refractivity contribution is 7.14. The quantitative estimate of drug-likeness (QED) is 0.840. The van der Waals surface area contributed by atoms with E-state index in [1.165, 1.54) is 34.6 Å². The zero-order valence-electron chi connectivity index (χ0n) is 13.0. The molecule has 4 nitrogen and oxygen atoms in total. The van der Waals surface area contributed by atoms with Gasteiger partial charge in [0.25, 0.3) is 5.91 Å². The van der Waals surface area contributed by atoms with Gasteiger partial charge in [-0.25, -0.2) is 4.79 Å². The van der Waals surface area contributed by atoms with Gasteiger partial charge in [0.15, 0.2) is 6.10 Å². The van der Waals surface area contributed by atoms with Crippen molar-refractivity contribution in [1.29, 1.82) is 0 Å². The third-order valence-corrected chi connectivity index (χ3v) is 5.96. The van der Waals surface area contributed by atoms with Gasteiger partial charge in [-0.2, -0.15) is 0 Å². The molecule has 2 heterocycles. The van der Waals surface area contributed by atoms with Crippen LogP contribution in [0.25, 0.3) is 0 Å². The molecule has 0 aliphatic heterocycles. The summed E-state index contributed by atoms with van der Waals surface area (Å²) in [6, 6.07) is 5.82. The number of amides is 1. The van der Waals surface area contributed by atoms with Crippen LogP contribution in [0.5, 0.6) is 0 Å². The predicted octanol–water partition coefficient (Wildman–Crippen LogP) is 3.55. The van der Waals surface area contributed by atoms with Crippen LogP contribution in [0.1, 0.15) is 44.8 Å². The van der Waals surface area contributed by atoms with Gasteiger partial charge in [0.1, 0.15) is 4.88 Å². The Morgan fingerprint density at radius 2 is 2.17 bits per heavy atom. The van der Waals surface area contributed by atoms with Crippen molar-refractivity contribution in [3.63, 3.8) is 0 Å². The summed E-state index contributed by atoms with van der Waals surface area (Å²) in [6.07, 6.45) is 3.66. The molecule has 6 heteroatoms. The van der Waals surface area contributed by atoms with E-state index in [4.69, 9.17) is 4.74 Å². The van der Waals surface area contributed by atoms with Gasteiger partial charge in [-0.1, -0.05) is 6.07 Å². The maximum atomic E-state index is 12.2. The van der Waals surface area contributed by atoms with Gasteiger partial charge in [0, 0.05) is 9.75 Å². The van der Waals surface area contributed by atoms with Crippen molar-refractivity contribution in [3.8, 4) is 0 Å². The Labute approximate surface area is 143 Å². The van der Waals surface area contributed by atoms with Crippen LogP contribution in [0, 0.1) is 0 Å². The summed E-state index contributed by atoms with van der Waals surface area (Å²) in [5, 5.41) is 4.75. The molecule has 0 radical (unpaired) electrons. The Morgan fingerprint density at radius 1 is 1.35 bits per heavy atom. The van der Waals surface area contributed by atoms with E-state index in [1.807, 2.05) is 23.6 Å². The molecule has 0 fully saturated rings. The van der Waals surface area contributed by atoms with Crippen molar-refractivity contribution in [1.82, 2.24) is 5.32 Å². The summed E-state index contributed by atoms with van der Waals surface area (Å²) in [5.74, 6) is -0.670. The lowest BCUT2D eigenvalue weighted by Gasteiger charge is -2.12. The zero-order chi connectivity index (χ0) is 16.2. The van der Waals surface area contributed by atoms with E-state index in [0.717, 1.165) is 17.7 Å². The van der Waals surface area contributed by atoms with Gasteiger partial charge >= 0.3 is 5.97 Å². The summed E-state index contributed by atoms with van der Waals surface area (Å²) < 4.78 is 5.31. The van der Waals surface area contributed by atoms with E-state index < -0.39 is 12.1 Å². The molecule has 0 saturated carbocycles. The summed E-state index contributed by atoms with van der Waals surface area (Å²) in [6.45, 7) is 2.07. The van der Waals surface area contributed by atoms with Crippen molar-refractivity contribution in [2.45, 2.75) is 45.3 Å². The monoisotopic (exact) mass is 349 g/mol. The minimum atomic E-state index is -0.790. The van der Waals surface area contributed by atoms with Gasteiger partial charge in [-0.05, 0) is 55.7 Å². The smallest absolute Gasteiger partial charge is 0.349 e. The SMILES string of the molecule is C[C@@H](OC(=O)c1cc2c(s1)CCCC2)C(=O)NCc1cccs1. The van der Waals surface area contributed by atoms with Crippen molar-refractivity contribution in [3.05, 3.63) is 43.8 Å². The fourth-order valence-electron chi connectivity index (χ4n) is 2.59. The molecule has 0 saturated heterocycles. The third kappa shape index (κ3) is 4.00. The van der Waals surface area contributed by atoms with Gasteiger partial charge in [-0.15, -0.1) is 22.7 Å². The van der Waals surface area contributed by atoms with Crippen LogP contribution in [0.3, 0.4) is 0 Å². The molecule has 1 aliphatic rings. The zero-order valence-corrected chi connectivity index (χ0v) is 14.6. The minimum absolute atomic E-state index is 0.270. The van der Waals surface area contributed by atoms with Crippen molar-refractivity contribution < 1.29 is 14.3 Å². The number of hydrogen-bond donors (Lipinski definition) is 1. The van der Waals surface area contributed by atoms with E-state index in [1.54, 1.807) is 18.3 Å². The summed E-state index contributed by atoms with van der Waals surface area (Å²) in [5.41, 5.74) is 1.27. The molecule has 0 unspecified atom stereocenters. The second-order valence-electron chi connectivity index (χ2n) is 5.61. The largest absolute Gasteiger partial charge is 0.448 e. The molecule has 122 valence electrons. The number of rotatable bonds is 5. The average molecular weight is 349 g/mol. The molecule has 23 heavy (non-hydrogen) atoms. The molecule has 2 aromatic rings. The fourth-order valence-corrected chi connectivity index (χ4v) is 4.38. The molecule has 1 aliphatic carbocycles. The topological polar surface area (TPSA) is 55.4 Å². The second-order valence-corrected chi connectivity index (χ2v) is 7.78. The maximum Gasteiger partial charge on any atom is 0.349 e. The Balaban J connectivity index is 1.54. The van der Waals surface area contributed by atoms with Crippen LogP contribution in [0.2, 0.25) is 0 Å². The fraction of sp³-hybridized carbons (Fsp3) is 0.412. The number of thiophene rings is 2. The van der Waals surface area contributed by atoms with Crippen molar-refractivity contribution >= 4 is 34.6 Å². The van der Waals surface area contributed by atoms with E-state index in [2.05, 4.69) is 5.32 Å². The van der Waals surface area contributed by atoms with Gasteiger partial charge < -0.3 is 10.1 Å². The first-order valence-electron chi connectivity index (χ1n) is 7.76. The standard InChI is InChI=1S/C17H19NO3S2/c1-11(16(19)18-10-13-6-4-8-22-13)21-17(20)15-9-12-5-2-3-7-14(12)23-15/h4,6,8-9,11H,2-3,5,7,10H2,1H3,(H,18,19)/t11-/m1/s1. The maximum absolute atomic E-state index is 12.2.